The predicted molar refractivity (Wildman–Crippen MR) is 101 cm³/mol. The summed E-state index contributed by atoms with van der Waals surface area (Å²) in [4.78, 5) is 9.35. The van der Waals surface area contributed by atoms with E-state index in [9.17, 15) is 0 Å². The minimum atomic E-state index is 0.486. The first-order chi connectivity index (χ1) is 11.2. The number of hydrogen-bond donors (Lipinski definition) is 3. The van der Waals surface area contributed by atoms with Crippen molar-refractivity contribution in [1.82, 2.24) is 20.7 Å². The fourth-order valence-corrected chi connectivity index (χ4v) is 2.20. The third-order valence-corrected chi connectivity index (χ3v) is 3.63. The molecule has 23 heavy (non-hydrogen) atoms. The maximum Gasteiger partial charge on any atom is 0.108 e. The van der Waals surface area contributed by atoms with Crippen LogP contribution < -0.4 is 10.7 Å². The normalized spacial score (nSPS) is 11.1. The molecule has 2 rings (SSSR count). The summed E-state index contributed by atoms with van der Waals surface area (Å²) in [5.74, 6) is 0.486. The van der Waals surface area contributed by atoms with Gasteiger partial charge in [0, 0.05) is 36.6 Å². The molecule has 2 N–H and O–H groups in total. The van der Waals surface area contributed by atoms with Crippen LogP contribution in [0.1, 0.15) is 23.9 Å². The van der Waals surface area contributed by atoms with Gasteiger partial charge in [-0.3, -0.25) is 9.97 Å². The van der Waals surface area contributed by atoms with Gasteiger partial charge >= 0.3 is 0 Å². The molecule has 7 heteroatoms. The van der Waals surface area contributed by atoms with E-state index in [1.54, 1.807) is 12.4 Å². The van der Waals surface area contributed by atoms with Crippen molar-refractivity contribution in [3.63, 3.8) is 0 Å². The highest BCUT2D eigenvalue weighted by atomic mass is 32.1. The molecule has 0 bridgehead atoms. The lowest BCUT2D eigenvalue weighted by Crippen LogP contribution is -2.25. The van der Waals surface area contributed by atoms with Crippen molar-refractivity contribution < 1.29 is 0 Å². The van der Waals surface area contributed by atoms with E-state index >= 15 is 0 Å². The summed E-state index contributed by atoms with van der Waals surface area (Å²) in [5, 5.41) is 7.37. The summed E-state index contributed by atoms with van der Waals surface area (Å²) in [6.45, 7) is 2.63. The number of nitrogens with one attached hydrogen (secondary N) is 2. The Morgan fingerprint density at radius 1 is 1.26 bits per heavy atom. The second-order valence-electron chi connectivity index (χ2n) is 4.77. The quantitative estimate of drug-likeness (QED) is 0.236. The summed E-state index contributed by atoms with van der Waals surface area (Å²) in [6.07, 6.45) is 4.38. The zero-order valence-corrected chi connectivity index (χ0v) is 14.6. The van der Waals surface area contributed by atoms with E-state index in [0.29, 0.717) is 10.9 Å². The van der Waals surface area contributed by atoms with E-state index in [4.69, 9.17) is 12.2 Å². The topological polar surface area (TPSA) is 62.2 Å². The van der Waals surface area contributed by atoms with Gasteiger partial charge in [0.15, 0.2) is 0 Å². The van der Waals surface area contributed by atoms with Crippen molar-refractivity contribution >= 4 is 35.5 Å². The Balaban J connectivity index is 1.87. The molecule has 0 aliphatic carbocycles. The Morgan fingerprint density at radius 2 is 2.13 bits per heavy atom. The van der Waals surface area contributed by atoms with Crippen molar-refractivity contribution in [3.05, 3.63) is 59.7 Å². The molecule has 0 radical (unpaired) electrons. The summed E-state index contributed by atoms with van der Waals surface area (Å²) >= 11 is 9.43. The van der Waals surface area contributed by atoms with Gasteiger partial charge in [0.25, 0.3) is 0 Å². The lowest BCUT2D eigenvalue weighted by atomic mass is 10.2. The number of thiol groups is 1. The molecule has 2 aromatic rings. The van der Waals surface area contributed by atoms with E-state index in [0.717, 1.165) is 35.6 Å². The molecule has 0 atom stereocenters. The zero-order chi connectivity index (χ0) is 16.5. The second kappa shape index (κ2) is 9.22. The number of thiocarbonyl (C=S) groups is 1. The Morgan fingerprint density at radius 3 is 2.78 bits per heavy atom. The van der Waals surface area contributed by atoms with E-state index in [1.165, 1.54) is 0 Å². The standard InChI is InChI=1S/C16H19N5S2/c1-12(21-20-11-22)15-6-5-13(10-19-15)16(23)18-9-7-14-4-2-3-8-17-14/h2-6,8,10,20,22H,7,9,11H2,1H3,(H,18,23). The Labute approximate surface area is 147 Å². The highest BCUT2D eigenvalue weighted by Crippen LogP contribution is 2.03. The molecule has 0 fully saturated rings. The van der Waals surface area contributed by atoms with Gasteiger partial charge in [-0.1, -0.05) is 18.3 Å². The van der Waals surface area contributed by atoms with Gasteiger partial charge in [-0.05, 0) is 31.2 Å². The van der Waals surface area contributed by atoms with Gasteiger partial charge in [-0.2, -0.15) is 17.7 Å². The van der Waals surface area contributed by atoms with Gasteiger partial charge in [-0.15, -0.1) is 0 Å². The molecular formula is C16H19N5S2. The molecule has 120 valence electrons. The zero-order valence-electron chi connectivity index (χ0n) is 12.9. The van der Waals surface area contributed by atoms with Crippen molar-refractivity contribution in [2.75, 3.05) is 12.4 Å². The molecule has 5 nitrogen and oxygen atoms in total. The Hall–Kier alpha value is -1.99. The maximum absolute atomic E-state index is 5.39. The first-order valence-electron chi connectivity index (χ1n) is 7.23. The van der Waals surface area contributed by atoms with E-state index in [-0.39, 0.29) is 0 Å². The first-order valence-corrected chi connectivity index (χ1v) is 8.27. The van der Waals surface area contributed by atoms with Crippen LogP contribution in [-0.2, 0) is 6.42 Å². The Bertz CT molecular complexity index is 656. The molecular weight excluding hydrogens is 326 g/mol. The lowest BCUT2D eigenvalue weighted by Gasteiger charge is -2.08. The van der Waals surface area contributed by atoms with Crippen molar-refractivity contribution in [2.24, 2.45) is 5.10 Å². The summed E-state index contributed by atoms with van der Waals surface area (Å²) < 4.78 is 0. The summed E-state index contributed by atoms with van der Waals surface area (Å²) in [5.41, 5.74) is 6.34. The summed E-state index contributed by atoms with van der Waals surface area (Å²) in [7, 11) is 0. The molecule has 2 heterocycles. The molecule has 2 aromatic heterocycles. The van der Waals surface area contributed by atoms with Crippen LogP contribution in [0.15, 0.2) is 47.8 Å². The van der Waals surface area contributed by atoms with Crippen LogP contribution in [0, 0.1) is 0 Å². The monoisotopic (exact) mass is 345 g/mol. The SMILES string of the molecule is CC(=NNCS)c1ccc(C(=S)NCCc2ccccn2)cn1. The molecule has 0 saturated heterocycles. The van der Waals surface area contributed by atoms with E-state index < -0.39 is 0 Å². The van der Waals surface area contributed by atoms with Crippen LogP contribution in [0.4, 0.5) is 0 Å². The minimum Gasteiger partial charge on any atom is -0.375 e. The van der Waals surface area contributed by atoms with Crippen LogP contribution in [0.3, 0.4) is 0 Å². The summed E-state index contributed by atoms with van der Waals surface area (Å²) in [6, 6.07) is 9.74. The maximum atomic E-state index is 5.39. The van der Waals surface area contributed by atoms with Gasteiger partial charge in [-0.25, -0.2) is 0 Å². The van der Waals surface area contributed by atoms with Crippen LogP contribution in [0.25, 0.3) is 0 Å². The second-order valence-corrected chi connectivity index (χ2v) is 5.50. The molecule has 0 spiro atoms. The van der Waals surface area contributed by atoms with Gasteiger partial charge in [0.2, 0.25) is 0 Å². The van der Waals surface area contributed by atoms with Crippen LogP contribution in [0.5, 0.6) is 0 Å². The van der Waals surface area contributed by atoms with Crippen molar-refractivity contribution in [3.8, 4) is 0 Å². The number of rotatable bonds is 7. The highest BCUT2D eigenvalue weighted by molar-refractivity contribution is 7.80. The van der Waals surface area contributed by atoms with Gasteiger partial charge < -0.3 is 10.7 Å². The van der Waals surface area contributed by atoms with Gasteiger partial charge in [0.1, 0.15) is 4.99 Å². The number of aromatic nitrogens is 2. The molecule has 0 aromatic carbocycles. The third kappa shape index (κ3) is 5.61. The lowest BCUT2D eigenvalue weighted by molar-refractivity contribution is 0.848. The van der Waals surface area contributed by atoms with Crippen LogP contribution >= 0.6 is 24.8 Å². The number of hydrazone groups is 1. The number of nitrogens with zero attached hydrogens (tertiary/aromatic N) is 3. The van der Waals surface area contributed by atoms with Crippen molar-refractivity contribution in [2.45, 2.75) is 13.3 Å². The highest BCUT2D eigenvalue weighted by Gasteiger charge is 2.04. The molecule has 0 saturated carbocycles. The fourth-order valence-electron chi connectivity index (χ4n) is 1.91. The molecule has 0 unspecified atom stereocenters. The van der Waals surface area contributed by atoms with E-state index in [2.05, 4.69) is 38.4 Å². The minimum absolute atomic E-state index is 0.486. The average Bonchev–Trinajstić information content (AvgIpc) is 2.60. The largest absolute Gasteiger partial charge is 0.375 e. The Kier molecular flexibility index (Phi) is 6.96. The third-order valence-electron chi connectivity index (χ3n) is 3.11. The van der Waals surface area contributed by atoms with Crippen LogP contribution in [-0.4, -0.2) is 33.1 Å². The smallest absolute Gasteiger partial charge is 0.108 e. The first kappa shape index (κ1) is 17.4. The number of pyridine rings is 2. The molecule has 0 amide bonds. The fraction of sp³-hybridized carbons (Fsp3) is 0.250. The predicted octanol–water partition coefficient (Wildman–Crippen LogP) is 2.19. The molecule has 0 aliphatic rings. The van der Waals surface area contributed by atoms with Gasteiger partial charge in [0.05, 0.1) is 17.3 Å². The average molecular weight is 345 g/mol. The molecule has 0 aliphatic heterocycles. The van der Waals surface area contributed by atoms with Crippen molar-refractivity contribution in [1.29, 1.82) is 0 Å². The number of hydrogen-bond acceptors (Lipinski definition) is 6. The van der Waals surface area contributed by atoms with E-state index in [1.807, 2.05) is 37.3 Å². The van der Waals surface area contributed by atoms with Crippen LogP contribution in [0.2, 0.25) is 0 Å².